The Morgan fingerprint density at radius 1 is 1.09 bits per heavy atom. The molecule has 2 aromatic carbocycles. The summed E-state index contributed by atoms with van der Waals surface area (Å²) in [6.07, 6.45) is 0. The van der Waals surface area contributed by atoms with Crippen molar-refractivity contribution in [2.75, 3.05) is 46.5 Å². The monoisotopic (exact) mass is 564 g/mol. The van der Waals surface area contributed by atoms with Crippen LogP contribution in [0, 0.1) is 0 Å². The Hall–Kier alpha value is -2.30. The summed E-state index contributed by atoms with van der Waals surface area (Å²) in [6.45, 7) is 7.40. The normalized spacial score (nSPS) is 15.6. The van der Waals surface area contributed by atoms with Crippen LogP contribution < -0.4 is 15.4 Å². The van der Waals surface area contributed by atoms with Crippen molar-refractivity contribution in [2.45, 2.75) is 19.5 Å². The van der Waals surface area contributed by atoms with E-state index < -0.39 is 0 Å². The van der Waals surface area contributed by atoms with Gasteiger partial charge in [0.1, 0.15) is 23.6 Å². The molecule has 1 aliphatic rings. The highest BCUT2D eigenvalue weighted by Crippen LogP contribution is 2.24. The van der Waals surface area contributed by atoms with E-state index in [-0.39, 0.29) is 30.0 Å². The van der Waals surface area contributed by atoms with E-state index in [1.165, 1.54) is 5.56 Å². The Bertz CT molecular complexity index is 983. The highest BCUT2D eigenvalue weighted by Gasteiger charge is 2.23. The molecular formula is C25H33IN4O3. The lowest BCUT2D eigenvalue weighted by Gasteiger charge is -2.35. The van der Waals surface area contributed by atoms with Gasteiger partial charge in [-0.1, -0.05) is 30.3 Å². The highest BCUT2D eigenvalue weighted by molar-refractivity contribution is 14.0. The van der Waals surface area contributed by atoms with Gasteiger partial charge in [-0.2, -0.15) is 0 Å². The van der Waals surface area contributed by atoms with E-state index in [0.29, 0.717) is 6.54 Å². The quantitative estimate of drug-likeness (QED) is 0.243. The first kappa shape index (κ1) is 25.3. The van der Waals surface area contributed by atoms with Crippen molar-refractivity contribution in [2.24, 2.45) is 4.99 Å². The summed E-state index contributed by atoms with van der Waals surface area (Å²) in [5, 5.41) is 7.98. The lowest BCUT2D eigenvalue weighted by atomic mass is 10.0. The number of fused-ring (bicyclic) bond motifs is 1. The van der Waals surface area contributed by atoms with Crippen molar-refractivity contribution in [1.29, 1.82) is 0 Å². The van der Waals surface area contributed by atoms with Gasteiger partial charge in [0.15, 0.2) is 5.96 Å². The van der Waals surface area contributed by atoms with Gasteiger partial charge in [-0.05, 0) is 36.8 Å². The molecule has 0 aliphatic carbocycles. The summed E-state index contributed by atoms with van der Waals surface area (Å²) in [6, 6.07) is 18.6. The molecule has 1 aromatic heterocycles. The van der Waals surface area contributed by atoms with Crippen LogP contribution in [-0.4, -0.2) is 57.4 Å². The number of benzene rings is 2. The van der Waals surface area contributed by atoms with Crippen molar-refractivity contribution in [3.05, 3.63) is 65.9 Å². The van der Waals surface area contributed by atoms with Crippen LogP contribution in [0.5, 0.6) is 5.75 Å². The van der Waals surface area contributed by atoms with Crippen LogP contribution in [-0.2, 0) is 11.3 Å². The number of para-hydroxylation sites is 1. The summed E-state index contributed by atoms with van der Waals surface area (Å²) in [5.74, 6) is 2.49. The van der Waals surface area contributed by atoms with Crippen molar-refractivity contribution in [3.63, 3.8) is 0 Å². The molecule has 33 heavy (non-hydrogen) atoms. The van der Waals surface area contributed by atoms with Gasteiger partial charge >= 0.3 is 0 Å². The van der Waals surface area contributed by atoms with Crippen LogP contribution in [0.25, 0.3) is 11.0 Å². The third-order valence-electron chi connectivity index (χ3n) is 5.66. The van der Waals surface area contributed by atoms with Gasteiger partial charge in [0, 0.05) is 31.6 Å². The van der Waals surface area contributed by atoms with Gasteiger partial charge in [0.2, 0.25) is 0 Å². The first-order valence-corrected chi connectivity index (χ1v) is 11.2. The zero-order chi connectivity index (χ0) is 22.2. The second-order valence-corrected chi connectivity index (χ2v) is 7.76. The maximum atomic E-state index is 5.91. The molecule has 0 radical (unpaired) electrons. The molecule has 7 nitrogen and oxygen atoms in total. The van der Waals surface area contributed by atoms with E-state index in [1.54, 1.807) is 7.11 Å². The minimum atomic E-state index is 0. The molecule has 8 heteroatoms. The van der Waals surface area contributed by atoms with Crippen LogP contribution in [0.2, 0.25) is 0 Å². The second kappa shape index (κ2) is 12.8. The minimum Gasteiger partial charge on any atom is -0.497 e. The Kier molecular flexibility index (Phi) is 9.83. The number of ether oxygens (including phenoxy) is 2. The molecule has 2 N–H and O–H groups in total. The number of nitrogens with one attached hydrogen (secondary N) is 2. The number of guanidine groups is 1. The first-order valence-electron chi connectivity index (χ1n) is 11.2. The zero-order valence-corrected chi connectivity index (χ0v) is 21.6. The Balaban J connectivity index is 0.00000306. The fourth-order valence-corrected chi connectivity index (χ4v) is 3.98. The van der Waals surface area contributed by atoms with Gasteiger partial charge < -0.3 is 24.5 Å². The van der Waals surface area contributed by atoms with Crippen LogP contribution in [0.4, 0.5) is 0 Å². The maximum absolute atomic E-state index is 5.91. The van der Waals surface area contributed by atoms with Crippen molar-refractivity contribution in [1.82, 2.24) is 15.5 Å². The molecule has 1 aliphatic heterocycles. The lowest BCUT2D eigenvalue weighted by Crippen LogP contribution is -2.46. The minimum absolute atomic E-state index is 0. The molecule has 2 heterocycles. The summed E-state index contributed by atoms with van der Waals surface area (Å²) in [5.41, 5.74) is 2.14. The zero-order valence-electron chi connectivity index (χ0n) is 19.3. The third kappa shape index (κ3) is 6.84. The summed E-state index contributed by atoms with van der Waals surface area (Å²) in [7, 11) is 1.69. The van der Waals surface area contributed by atoms with E-state index >= 15 is 0 Å². The lowest BCUT2D eigenvalue weighted by molar-refractivity contribution is 0.0170. The van der Waals surface area contributed by atoms with Gasteiger partial charge in [-0.25, -0.2) is 4.99 Å². The van der Waals surface area contributed by atoms with Crippen LogP contribution >= 0.6 is 24.0 Å². The van der Waals surface area contributed by atoms with Gasteiger partial charge in [0.05, 0.1) is 26.4 Å². The summed E-state index contributed by atoms with van der Waals surface area (Å²) >= 11 is 0. The van der Waals surface area contributed by atoms with E-state index in [2.05, 4.69) is 46.7 Å². The number of rotatable bonds is 8. The fraction of sp³-hybridized carbons (Fsp3) is 0.400. The number of aliphatic imine (C=N–C) groups is 1. The van der Waals surface area contributed by atoms with Gasteiger partial charge in [-0.15, -0.1) is 24.0 Å². The molecule has 1 unspecified atom stereocenters. The number of nitrogens with zero attached hydrogens (tertiary/aromatic N) is 2. The molecule has 1 atom stereocenters. The largest absolute Gasteiger partial charge is 0.497 e. The number of hydrogen-bond donors (Lipinski definition) is 2. The molecular weight excluding hydrogens is 531 g/mol. The third-order valence-corrected chi connectivity index (χ3v) is 5.66. The first-order chi connectivity index (χ1) is 15.8. The van der Waals surface area contributed by atoms with Crippen LogP contribution in [0.15, 0.2) is 64.0 Å². The Morgan fingerprint density at radius 2 is 1.85 bits per heavy atom. The van der Waals surface area contributed by atoms with Crippen molar-refractivity contribution in [3.8, 4) is 5.75 Å². The van der Waals surface area contributed by atoms with Crippen LogP contribution in [0.3, 0.4) is 0 Å². The molecule has 3 aromatic rings. The molecule has 4 rings (SSSR count). The van der Waals surface area contributed by atoms with E-state index in [4.69, 9.17) is 18.9 Å². The van der Waals surface area contributed by atoms with Crippen LogP contribution in [0.1, 0.15) is 24.3 Å². The maximum Gasteiger partial charge on any atom is 0.191 e. The topological polar surface area (TPSA) is 71.3 Å². The predicted octanol–water partition coefficient (Wildman–Crippen LogP) is 4.19. The number of morpholine rings is 1. The smallest absolute Gasteiger partial charge is 0.191 e. The molecule has 0 saturated carbocycles. The standard InChI is InChI=1S/C25H32N4O3.HI/c1-3-26-25(27-17-22-16-20-6-4-5-7-24(20)32-22)28-18-23(29-12-14-31-15-13-29)19-8-10-21(30-2)11-9-19;/h4-11,16,23H,3,12-15,17-18H2,1-2H3,(H2,26,27,28);1H. The summed E-state index contributed by atoms with van der Waals surface area (Å²) in [4.78, 5) is 7.21. The second-order valence-electron chi connectivity index (χ2n) is 7.76. The van der Waals surface area contributed by atoms with Gasteiger partial charge in [0.25, 0.3) is 0 Å². The number of halogens is 1. The number of methoxy groups -OCH3 is 1. The number of furan rings is 1. The molecule has 1 saturated heterocycles. The van der Waals surface area contributed by atoms with Crippen molar-refractivity contribution >= 4 is 40.9 Å². The Labute approximate surface area is 212 Å². The fourth-order valence-electron chi connectivity index (χ4n) is 3.98. The predicted molar refractivity (Wildman–Crippen MR) is 143 cm³/mol. The van der Waals surface area contributed by atoms with E-state index in [1.807, 2.05) is 30.3 Å². The molecule has 0 amide bonds. The number of hydrogen-bond acceptors (Lipinski definition) is 5. The molecule has 0 spiro atoms. The van der Waals surface area contributed by atoms with Crippen molar-refractivity contribution < 1.29 is 13.9 Å². The van der Waals surface area contributed by atoms with E-state index in [9.17, 15) is 0 Å². The molecule has 178 valence electrons. The highest BCUT2D eigenvalue weighted by atomic mass is 127. The summed E-state index contributed by atoms with van der Waals surface area (Å²) < 4.78 is 16.8. The average Bonchev–Trinajstić information content (AvgIpc) is 3.27. The van der Waals surface area contributed by atoms with E-state index in [0.717, 1.165) is 67.8 Å². The van der Waals surface area contributed by atoms with Gasteiger partial charge in [-0.3, -0.25) is 4.90 Å². The SMILES string of the molecule is CCNC(=NCc1cc2ccccc2o1)NCC(c1ccc(OC)cc1)N1CCOCC1.I. The molecule has 0 bridgehead atoms. The molecule has 1 fully saturated rings. The Morgan fingerprint density at radius 3 is 2.55 bits per heavy atom. The average molecular weight is 564 g/mol.